The molecule has 0 saturated heterocycles. The number of fused-ring (bicyclic) bond motifs is 6. The number of halogens is 1. The highest BCUT2D eigenvalue weighted by Crippen LogP contribution is 2.40. The first-order valence-electron chi connectivity index (χ1n) is 9.64. The van der Waals surface area contributed by atoms with Crippen LogP contribution in [0.5, 0.6) is 11.8 Å². The van der Waals surface area contributed by atoms with Gasteiger partial charge in [-0.3, -0.25) is 4.79 Å². The Balaban J connectivity index is 1.45. The second-order valence-corrected chi connectivity index (χ2v) is 8.78. The van der Waals surface area contributed by atoms with E-state index in [9.17, 15) is 4.79 Å². The van der Waals surface area contributed by atoms with Crippen LogP contribution in [0, 0.1) is 0 Å². The lowest BCUT2D eigenvalue weighted by Crippen LogP contribution is -2.34. The van der Waals surface area contributed by atoms with Crippen molar-refractivity contribution >= 4 is 55.7 Å². The van der Waals surface area contributed by atoms with Crippen LogP contribution >= 0.6 is 22.9 Å². The molecule has 3 aromatic heterocycles. The van der Waals surface area contributed by atoms with E-state index in [-0.39, 0.29) is 23.1 Å². The van der Waals surface area contributed by atoms with Crippen LogP contribution in [0.4, 0.5) is 5.69 Å². The molecule has 0 spiro atoms. The summed E-state index contributed by atoms with van der Waals surface area (Å²) in [6.45, 7) is 3.33. The van der Waals surface area contributed by atoms with Crippen molar-refractivity contribution in [3.05, 3.63) is 39.7 Å². The van der Waals surface area contributed by atoms with Gasteiger partial charge >= 0.3 is 0 Å². The summed E-state index contributed by atoms with van der Waals surface area (Å²) in [5.41, 5.74) is 3.62. The van der Waals surface area contributed by atoms with E-state index in [4.69, 9.17) is 21.1 Å². The average molecular weight is 455 g/mol. The van der Waals surface area contributed by atoms with Gasteiger partial charge in [0.05, 0.1) is 47.4 Å². The van der Waals surface area contributed by atoms with Gasteiger partial charge in [0, 0.05) is 22.7 Å². The van der Waals surface area contributed by atoms with Gasteiger partial charge in [-0.05, 0) is 30.7 Å². The van der Waals surface area contributed by atoms with Crippen molar-refractivity contribution in [3.63, 3.8) is 0 Å². The lowest BCUT2D eigenvalue weighted by molar-refractivity contribution is 0.0949. The van der Waals surface area contributed by atoms with Crippen LogP contribution in [0.2, 0.25) is 5.28 Å². The number of aromatic nitrogens is 4. The van der Waals surface area contributed by atoms with Gasteiger partial charge in [-0.2, -0.15) is 4.98 Å². The molecule has 4 aromatic rings. The number of nitrogens with one attached hydrogen (secondary N) is 2. The van der Waals surface area contributed by atoms with Gasteiger partial charge in [-0.1, -0.05) is 0 Å². The van der Waals surface area contributed by atoms with E-state index < -0.39 is 0 Å². The Bertz CT molecular complexity index is 1390. The molecule has 5 heterocycles. The van der Waals surface area contributed by atoms with Gasteiger partial charge in [0.2, 0.25) is 17.0 Å². The summed E-state index contributed by atoms with van der Waals surface area (Å²) in [5, 5.41) is 7.36. The molecule has 156 valence electrons. The van der Waals surface area contributed by atoms with Gasteiger partial charge in [0.1, 0.15) is 4.88 Å². The maximum Gasteiger partial charge on any atom is 0.263 e. The number of ether oxygens (including phenoxy) is 2. The average Bonchev–Trinajstić information content (AvgIpc) is 3.33. The van der Waals surface area contributed by atoms with Gasteiger partial charge in [0.25, 0.3) is 5.91 Å². The van der Waals surface area contributed by atoms with E-state index in [1.54, 1.807) is 6.20 Å². The van der Waals surface area contributed by atoms with E-state index in [1.807, 2.05) is 19.1 Å². The summed E-state index contributed by atoms with van der Waals surface area (Å²) in [6.07, 6.45) is 1.55. The van der Waals surface area contributed by atoms with Crippen molar-refractivity contribution in [2.24, 2.45) is 0 Å². The van der Waals surface area contributed by atoms with E-state index >= 15 is 0 Å². The molecule has 1 aromatic carbocycles. The Morgan fingerprint density at radius 1 is 1.26 bits per heavy atom. The molecular formula is C20H15ClN6O3S. The topological polar surface area (TPSA) is 111 Å². The lowest BCUT2D eigenvalue weighted by Gasteiger charge is -2.10. The molecule has 0 fully saturated rings. The smallest absolute Gasteiger partial charge is 0.263 e. The Kier molecular flexibility index (Phi) is 4.20. The molecule has 6 rings (SSSR count). The normalized spacial score (nSPS) is 17.7. The third-order valence-electron chi connectivity index (χ3n) is 5.22. The van der Waals surface area contributed by atoms with E-state index in [2.05, 4.69) is 30.6 Å². The Hall–Kier alpha value is -3.08. The summed E-state index contributed by atoms with van der Waals surface area (Å²) in [6, 6.07) is 3.85. The molecule has 0 bridgehead atoms. The quantitative estimate of drug-likeness (QED) is 0.441. The van der Waals surface area contributed by atoms with Gasteiger partial charge in [0.15, 0.2) is 0 Å². The Labute approximate surface area is 184 Å². The third kappa shape index (κ3) is 3.06. The van der Waals surface area contributed by atoms with Crippen LogP contribution < -0.4 is 15.4 Å². The zero-order valence-electron chi connectivity index (χ0n) is 16.2. The molecule has 2 aliphatic rings. The molecule has 0 radical (unpaired) electrons. The number of carbonyl (C=O) groups is 1. The highest BCUT2D eigenvalue weighted by molar-refractivity contribution is 7.21. The molecule has 11 heteroatoms. The summed E-state index contributed by atoms with van der Waals surface area (Å²) < 4.78 is 12.3. The molecule has 1 atom stereocenters. The molecule has 2 aliphatic heterocycles. The van der Waals surface area contributed by atoms with Crippen molar-refractivity contribution in [1.29, 1.82) is 0 Å². The molecule has 2 N–H and O–H groups in total. The number of rotatable bonds is 2. The highest BCUT2D eigenvalue weighted by atomic mass is 35.5. The van der Waals surface area contributed by atoms with Gasteiger partial charge < -0.3 is 20.1 Å². The molecule has 0 aliphatic carbocycles. The molecule has 31 heavy (non-hydrogen) atoms. The van der Waals surface area contributed by atoms with Crippen molar-refractivity contribution in [2.75, 3.05) is 11.9 Å². The Morgan fingerprint density at radius 3 is 3.06 bits per heavy atom. The molecular weight excluding hydrogens is 440 g/mol. The standard InChI is InChI=1S/C20H15ClN6O3S/c1-8-4-22-16-14-12(31-17(16)18(28)24-8)3-2-10-15(14)23-5-13(25-10)30-19-9-6-29-7-11(9)26-20(21)27-19/h2-3,5,8,22H,4,6-7H2,1H3,(H,24,28). The van der Waals surface area contributed by atoms with Crippen molar-refractivity contribution in [1.82, 2.24) is 25.3 Å². The number of hydrogen-bond acceptors (Lipinski definition) is 9. The van der Waals surface area contributed by atoms with Crippen molar-refractivity contribution in [3.8, 4) is 11.8 Å². The van der Waals surface area contributed by atoms with Crippen LogP contribution in [-0.4, -0.2) is 38.4 Å². The SMILES string of the molecule is CC1CNc2c(sc3ccc4nc(Oc5nc(Cl)nc6c5COC6)cnc4c23)C(=O)N1. The number of benzene rings is 1. The number of carbonyl (C=O) groups excluding carboxylic acids is 1. The first-order chi connectivity index (χ1) is 15.1. The Morgan fingerprint density at radius 2 is 2.16 bits per heavy atom. The minimum atomic E-state index is -0.0773. The van der Waals surface area contributed by atoms with E-state index in [0.717, 1.165) is 21.3 Å². The van der Waals surface area contributed by atoms with Gasteiger partial charge in [-0.15, -0.1) is 11.3 Å². The number of hydrogen-bond donors (Lipinski definition) is 2. The predicted molar refractivity (Wildman–Crippen MR) is 116 cm³/mol. The number of thiophene rings is 1. The maximum atomic E-state index is 12.6. The fourth-order valence-corrected chi connectivity index (χ4v) is 5.06. The summed E-state index contributed by atoms with van der Waals surface area (Å²) in [5.74, 6) is 0.529. The van der Waals surface area contributed by atoms with E-state index in [0.29, 0.717) is 47.2 Å². The minimum Gasteiger partial charge on any atom is -0.418 e. The van der Waals surface area contributed by atoms with Crippen LogP contribution in [-0.2, 0) is 18.0 Å². The highest BCUT2D eigenvalue weighted by Gasteiger charge is 2.26. The summed E-state index contributed by atoms with van der Waals surface area (Å²) in [7, 11) is 0. The third-order valence-corrected chi connectivity index (χ3v) is 6.55. The fraction of sp³-hybridized carbons (Fsp3) is 0.250. The molecule has 0 saturated carbocycles. The largest absolute Gasteiger partial charge is 0.418 e. The minimum absolute atomic E-state index is 0.0357. The molecule has 1 unspecified atom stereocenters. The summed E-state index contributed by atoms with van der Waals surface area (Å²) in [4.78, 5) is 30.8. The number of anilines is 1. The van der Waals surface area contributed by atoms with Gasteiger partial charge in [-0.25, -0.2) is 15.0 Å². The zero-order chi connectivity index (χ0) is 21.1. The zero-order valence-corrected chi connectivity index (χ0v) is 17.8. The van der Waals surface area contributed by atoms with Crippen molar-refractivity contribution in [2.45, 2.75) is 26.2 Å². The fourth-order valence-electron chi connectivity index (χ4n) is 3.80. The van der Waals surface area contributed by atoms with Crippen molar-refractivity contribution < 1.29 is 14.3 Å². The van der Waals surface area contributed by atoms with Crippen LogP contribution in [0.15, 0.2) is 18.3 Å². The second kappa shape index (κ2) is 6.98. The second-order valence-electron chi connectivity index (χ2n) is 7.39. The van der Waals surface area contributed by atoms with Crippen LogP contribution in [0.25, 0.3) is 21.1 Å². The monoisotopic (exact) mass is 454 g/mol. The van der Waals surface area contributed by atoms with Crippen LogP contribution in [0.1, 0.15) is 27.9 Å². The first kappa shape index (κ1) is 18.7. The molecule has 9 nitrogen and oxygen atoms in total. The number of nitrogens with zero attached hydrogens (tertiary/aromatic N) is 4. The molecule has 1 amide bonds. The maximum absolute atomic E-state index is 12.6. The lowest BCUT2D eigenvalue weighted by atomic mass is 10.1. The first-order valence-corrected chi connectivity index (χ1v) is 10.8. The van der Waals surface area contributed by atoms with Crippen LogP contribution in [0.3, 0.4) is 0 Å². The van der Waals surface area contributed by atoms with E-state index in [1.165, 1.54) is 11.3 Å². The predicted octanol–water partition coefficient (Wildman–Crippen LogP) is 3.65. The summed E-state index contributed by atoms with van der Waals surface area (Å²) >= 11 is 7.45. The number of amides is 1.